The van der Waals surface area contributed by atoms with Crippen LogP contribution in [0.2, 0.25) is 0 Å². The van der Waals surface area contributed by atoms with Crippen molar-refractivity contribution in [2.75, 3.05) is 18.2 Å². The van der Waals surface area contributed by atoms with E-state index in [0.29, 0.717) is 0 Å². The number of aryl methyl sites for hydroxylation is 2. The highest BCUT2D eigenvalue weighted by Crippen LogP contribution is 2.27. The van der Waals surface area contributed by atoms with E-state index in [0.717, 1.165) is 34.8 Å². The van der Waals surface area contributed by atoms with E-state index in [2.05, 4.69) is 37.4 Å². The molecule has 2 aromatic carbocycles. The largest absolute Gasteiger partial charge is 0.496 e. The average Bonchev–Trinajstić information content (AvgIpc) is 2.36. The average molecular weight is 256 g/mol. The van der Waals surface area contributed by atoms with Gasteiger partial charge in [-0.05, 0) is 54.8 Å². The molecule has 0 aliphatic carbocycles. The fourth-order valence-corrected chi connectivity index (χ4v) is 2.28. The molecule has 19 heavy (non-hydrogen) atoms. The summed E-state index contributed by atoms with van der Waals surface area (Å²) in [5, 5.41) is 3.41. The molecule has 0 aliphatic heterocycles. The predicted molar refractivity (Wildman–Crippen MR) is 80.6 cm³/mol. The molecule has 3 heteroatoms. The van der Waals surface area contributed by atoms with Gasteiger partial charge in [0.25, 0.3) is 0 Å². The van der Waals surface area contributed by atoms with Crippen LogP contribution in [-0.4, -0.2) is 7.11 Å². The lowest BCUT2D eigenvalue weighted by Crippen LogP contribution is -2.01. The van der Waals surface area contributed by atoms with E-state index in [1.807, 2.05) is 18.2 Å². The summed E-state index contributed by atoms with van der Waals surface area (Å²) in [6, 6.07) is 12.1. The quantitative estimate of drug-likeness (QED) is 0.823. The highest BCUT2D eigenvalue weighted by Gasteiger charge is 2.05. The zero-order valence-corrected chi connectivity index (χ0v) is 11.7. The first-order valence-corrected chi connectivity index (χ1v) is 6.33. The van der Waals surface area contributed by atoms with E-state index in [1.165, 1.54) is 5.56 Å². The van der Waals surface area contributed by atoms with Crippen molar-refractivity contribution in [2.45, 2.75) is 20.4 Å². The number of rotatable bonds is 4. The van der Waals surface area contributed by atoms with Crippen molar-refractivity contribution in [1.82, 2.24) is 0 Å². The van der Waals surface area contributed by atoms with Gasteiger partial charge in [-0.25, -0.2) is 0 Å². The van der Waals surface area contributed by atoms with Gasteiger partial charge in [0.2, 0.25) is 0 Å². The third-order valence-electron chi connectivity index (χ3n) is 3.11. The lowest BCUT2D eigenvalue weighted by Gasteiger charge is -2.13. The second kappa shape index (κ2) is 5.65. The number of nitrogen functional groups attached to an aromatic ring is 1. The van der Waals surface area contributed by atoms with Crippen molar-refractivity contribution >= 4 is 11.4 Å². The van der Waals surface area contributed by atoms with Gasteiger partial charge in [0.05, 0.1) is 7.11 Å². The molecule has 0 saturated carbocycles. The first kappa shape index (κ1) is 13.3. The summed E-state index contributed by atoms with van der Waals surface area (Å²) < 4.78 is 5.36. The van der Waals surface area contributed by atoms with Gasteiger partial charge in [-0.1, -0.05) is 12.1 Å². The second-order valence-corrected chi connectivity index (χ2v) is 4.74. The Labute approximate surface area is 114 Å². The van der Waals surface area contributed by atoms with Crippen molar-refractivity contribution in [3.05, 3.63) is 53.1 Å². The zero-order valence-electron chi connectivity index (χ0n) is 11.7. The highest BCUT2D eigenvalue weighted by atomic mass is 16.5. The van der Waals surface area contributed by atoms with Gasteiger partial charge in [0.15, 0.2) is 0 Å². The van der Waals surface area contributed by atoms with Crippen LogP contribution in [0.15, 0.2) is 36.4 Å². The van der Waals surface area contributed by atoms with Gasteiger partial charge in [0.1, 0.15) is 5.75 Å². The number of benzene rings is 2. The van der Waals surface area contributed by atoms with E-state index in [4.69, 9.17) is 10.5 Å². The highest BCUT2D eigenvalue weighted by molar-refractivity contribution is 5.55. The van der Waals surface area contributed by atoms with Crippen molar-refractivity contribution in [2.24, 2.45) is 0 Å². The molecule has 0 heterocycles. The molecule has 0 spiro atoms. The van der Waals surface area contributed by atoms with Gasteiger partial charge in [-0.2, -0.15) is 0 Å². The lowest BCUT2D eigenvalue weighted by atomic mass is 10.1. The fraction of sp³-hybridized carbons (Fsp3) is 0.250. The number of nitrogens with two attached hydrogens (primary N) is 1. The Balaban J connectivity index is 2.12. The molecule has 0 atom stereocenters. The van der Waals surface area contributed by atoms with Crippen LogP contribution in [0.3, 0.4) is 0 Å². The van der Waals surface area contributed by atoms with Crippen LogP contribution < -0.4 is 15.8 Å². The Bertz CT molecular complexity index is 556. The van der Waals surface area contributed by atoms with Crippen molar-refractivity contribution in [1.29, 1.82) is 0 Å². The maximum absolute atomic E-state index is 5.77. The summed E-state index contributed by atoms with van der Waals surface area (Å²) in [5.41, 5.74) is 11.1. The van der Waals surface area contributed by atoms with Crippen LogP contribution in [0.1, 0.15) is 16.7 Å². The molecule has 0 aliphatic rings. The predicted octanol–water partition coefficient (Wildman–Crippen LogP) is 3.51. The Hall–Kier alpha value is -2.16. The summed E-state index contributed by atoms with van der Waals surface area (Å²) in [4.78, 5) is 0. The Morgan fingerprint density at radius 1 is 1.11 bits per heavy atom. The summed E-state index contributed by atoms with van der Waals surface area (Å²) in [6.45, 7) is 4.87. The minimum atomic E-state index is 0.760. The SMILES string of the molecule is COc1c(C)cc(NCc2cccc(N)c2)cc1C. The summed E-state index contributed by atoms with van der Waals surface area (Å²) in [7, 11) is 1.70. The number of methoxy groups -OCH3 is 1. The van der Waals surface area contributed by atoms with Crippen LogP contribution >= 0.6 is 0 Å². The zero-order chi connectivity index (χ0) is 13.8. The number of ether oxygens (including phenoxy) is 1. The summed E-state index contributed by atoms with van der Waals surface area (Å²) in [6.07, 6.45) is 0. The third kappa shape index (κ3) is 3.19. The molecule has 0 amide bonds. The van der Waals surface area contributed by atoms with E-state index in [9.17, 15) is 0 Å². The molecule has 3 nitrogen and oxygen atoms in total. The first-order valence-electron chi connectivity index (χ1n) is 6.33. The van der Waals surface area contributed by atoms with E-state index in [-0.39, 0.29) is 0 Å². The smallest absolute Gasteiger partial charge is 0.124 e. The number of hydrogen-bond donors (Lipinski definition) is 2. The van der Waals surface area contributed by atoms with Gasteiger partial charge in [-0.15, -0.1) is 0 Å². The molecule has 0 unspecified atom stereocenters. The number of nitrogens with one attached hydrogen (secondary N) is 1. The van der Waals surface area contributed by atoms with Gasteiger partial charge >= 0.3 is 0 Å². The standard InChI is InChI=1S/C16H20N2O/c1-11-7-15(8-12(2)16(11)19-3)18-10-13-5-4-6-14(17)9-13/h4-9,18H,10,17H2,1-3H3. The molecule has 3 N–H and O–H groups in total. The van der Waals surface area contributed by atoms with Crippen LogP contribution in [0.25, 0.3) is 0 Å². The molecule has 100 valence electrons. The van der Waals surface area contributed by atoms with E-state index < -0.39 is 0 Å². The molecular weight excluding hydrogens is 236 g/mol. The Morgan fingerprint density at radius 2 is 1.79 bits per heavy atom. The Morgan fingerprint density at radius 3 is 2.37 bits per heavy atom. The normalized spacial score (nSPS) is 10.3. The van der Waals surface area contributed by atoms with Crippen LogP contribution in [0.4, 0.5) is 11.4 Å². The molecule has 0 aromatic heterocycles. The second-order valence-electron chi connectivity index (χ2n) is 4.74. The number of anilines is 2. The molecular formula is C16H20N2O. The monoisotopic (exact) mass is 256 g/mol. The first-order chi connectivity index (χ1) is 9.10. The molecule has 2 rings (SSSR count). The molecule has 2 aromatic rings. The van der Waals surface area contributed by atoms with Crippen molar-refractivity contribution in [3.63, 3.8) is 0 Å². The van der Waals surface area contributed by atoms with Crippen molar-refractivity contribution in [3.8, 4) is 5.75 Å². The van der Waals surface area contributed by atoms with Gasteiger partial charge in [-0.3, -0.25) is 0 Å². The Kier molecular flexibility index (Phi) is 3.95. The summed E-state index contributed by atoms with van der Waals surface area (Å²) in [5.74, 6) is 0.953. The van der Waals surface area contributed by atoms with Crippen LogP contribution in [-0.2, 0) is 6.54 Å². The summed E-state index contributed by atoms with van der Waals surface area (Å²) >= 11 is 0. The van der Waals surface area contributed by atoms with Crippen LogP contribution in [0.5, 0.6) is 5.75 Å². The molecule has 0 bridgehead atoms. The minimum Gasteiger partial charge on any atom is -0.496 e. The molecule has 0 fully saturated rings. The third-order valence-corrected chi connectivity index (χ3v) is 3.11. The number of hydrogen-bond acceptors (Lipinski definition) is 3. The molecule has 0 saturated heterocycles. The van der Waals surface area contributed by atoms with Crippen molar-refractivity contribution < 1.29 is 4.74 Å². The van der Waals surface area contributed by atoms with E-state index >= 15 is 0 Å². The maximum atomic E-state index is 5.77. The topological polar surface area (TPSA) is 47.3 Å². The fourth-order valence-electron chi connectivity index (χ4n) is 2.28. The molecule has 0 radical (unpaired) electrons. The van der Waals surface area contributed by atoms with Gasteiger partial charge in [0, 0.05) is 17.9 Å². The minimum absolute atomic E-state index is 0.760. The van der Waals surface area contributed by atoms with E-state index in [1.54, 1.807) is 7.11 Å². The maximum Gasteiger partial charge on any atom is 0.124 e. The van der Waals surface area contributed by atoms with Gasteiger partial charge < -0.3 is 15.8 Å². The lowest BCUT2D eigenvalue weighted by molar-refractivity contribution is 0.408. The van der Waals surface area contributed by atoms with Crippen LogP contribution in [0, 0.1) is 13.8 Å².